The summed E-state index contributed by atoms with van der Waals surface area (Å²) in [7, 11) is 0. The predicted molar refractivity (Wildman–Crippen MR) is 82.0 cm³/mol. The van der Waals surface area contributed by atoms with Crippen LogP contribution >= 0.6 is 11.6 Å². The Kier molecular flexibility index (Phi) is 3.38. The fraction of sp³-hybridized carbons (Fsp3) is 0.235. The first-order valence-electron chi connectivity index (χ1n) is 6.73. The Morgan fingerprint density at radius 1 is 1.25 bits per heavy atom. The molecule has 0 bridgehead atoms. The summed E-state index contributed by atoms with van der Waals surface area (Å²) < 4.78 is 0. The quantitative estimate of drug-likeness (QED) is 0.872. The van der Waals surface area contributed by atoms with Gasteiger partial charge in [-0.15, -0.1) is 0 Å². The van der Waals surface area contributed by atoms with Crippen molar-refractivity contribution in [2.75, 3.05) is 5.32 Å². The number of nitrogens with zero attached hydrogens (tertiary/aromatic N) is 1. The Balaban J connectivity index is 1.88. The molecule has 0 radical (unpaired) electrons. The summed E-state index contributed by atoms with van der Waals surface area (Å²) in [5.41, 5.74) is 5.54. The zero-order valence-electron chi connectivity index (χ0n) is 11.3. The minimum Gasteiger partial charge on any atom is -0.377 e. The summed E-state index contributed by atoms with van der Waals surface area (Å²) in [4.78, 5) is 0. The molecule has 100 valence electrons. The first kappa shape index (κ1) is 13.0. The van der Waals surface area contributed by atoms with E-state index in [4.69, 9.17) is 16.9 Å². The molecule has 1 atom stereocenters. The molecule has 1 aliphatic carbocycles. The average Bonchev–Trinajstić information content (AvgIpc) is 2.83. The standard InChI is InChI=1S/C17H15ClN2/c1-11-2-4-13-5-7-16(14(13)8-11)20-17-6-3-12(10-19)9-15(17)18/h2-4,6,8-9,16,20H,5,7H2,1H3. The van der Waals surface area contributed by atoms with Crippen molar-refractivity contribution in [2.45, 2.75) is 25.8 Å². The number of hydrogen-bond donors (Lipinski definition) is 1. The minimum absolute atomic E-state index is 0.301. The maximum absolute atomic E-state index is 8.87. The Labute approximate surface area is 124 Å². The molecule has 3 heteroatoms. The van der Waals surface area contributed by atoms with Crippen LogP contribution in [0.4, 0.5) is 5.69 Å². The summed E-state index contributed by atoms with van der Waals surface area (Å²) >= 11 is 6.23. The minimum atomic E-state index is 0.301. The monoisotopic (exact) mass is 282 g/mol. The molecule has 1 aliphatic rings. The van der Waals surface area contributed by atoms with Gasteiger partial charge >= 0.3 is 0 Å². The molecule has 0 spiro atoms. The van der Waals surface area contributed by atoms with Crippen LogP contribution in [0.3, 0.4) is 0 Å². The maximum Gasteiger partial charge on any atom is 0.0992 e. The largest absolute Gasteiger partial charge is 0.377 e. The normalized spacial score (nSPS) is 16.6. The summed E-state index contributed by atoms with van der Waals surface area (Å²) in [6, 6.07) is 14.4. The van der Waals surface area contributed by atoms with Gasteiger partial charge in [0.15, 0.2) is 0 Å². The van der Waals surface area contributed by atoms with Crippen LogP contribution in [0.15, 0.2) is 36.4 Å². The third-order valence-corrected chi connectivity index (χ3v) is 4.12. The van der Waals surface area contributed by atoms with Crippen molar-refractivity contribution < 1.29 is 0 Å². The second-order valence-electron chi connectivity index (χ2n) is 5.24. The average molecular weight is 283 g/mol. The molecule has 2 nitrogen and oxygen atoms in total. The smallest absolute Gasteiger partial charge is 0.0992 e. The lowest BCUT2D eigenvalue weighted by atomic mass is 10.0. The molecule has 0 fully saturated rings. The number of nitriles is 1. The van der Waals surface area contributed by atoms with Crippen LogP contribution < -0.4 is 5.32 Å². The summed E-state index contributed by atoms with van der Waals surface area (Å²) in [5, 5.41) is 13.0. The van der Waals surface area contributed by atoms with Crippen LogP contribution in [0.25, 0.3) is 0 Å². The summed E-state index contributed by atoms with van der Waals surface area (Å²) in [6.45, 7) is 2.12. The highest BCUT2D eigenvalue weighted by Gasteiger charge is 2.22. The van der Waals surface area contributed by atoms with E-state index in [0.717, 1.165) is 18.5 Å². The Hall–Kier alpha value is -1.98. The van der Waals surface area contributed by atoms with Crippen LogP contribution in [-0.4, -0.2) is 0 Å². The Bertz CT molecular complexity index is 701. The van der Waals surface area contributed by atoms with Crippen molar-refractivity contribution in [1.29, 1.82) is 5.26 Å². The van der Waals surface area contributed by atoms with Crippen molar-refractivity contribution in [3.8, 4) is 6.07 Å². The van der Waals surface area contributed by atoms with Crippen LogP contribution in [-0.2, 0) is 6.42 Å². The van der Waals surface area contributed by atoms with Gasteiger partial charge in [0.1, 0.15) is 0 Å². The van der Waals surface area contributed by atoms with Crippen molar-refractivity contribution in [1.82, 2.24) is 0 Å². The van der Waals surface area contributed by atoms with Crippen molar-refractivity contribution in [3.63, 3.8) is 0 Å². The fourth-order valence-corrected chi connectivity index (χ4v) is 3.00. The van der Waals surface area contributed by atoms with Crippen molar-refractivity contribution >= 4 is 17.3 Å². The van der Waals surface area contributed by atoms with E-state index in [1.807, 2.05) is 6.07 Å². The Morgan fingerprint density at radius 2 is 2.10 bits per heavy atom. The molecular formula is C17H15ClN2. The summed E-state index contributed by atoms with van der Waals surface area (Å²) in [6.07, 6.45) is 2.18. The molecule has 0 saturated heterocycles. The van der Waals surface area contributed by atoms with E-state index in [0.29, 0.717) is 16.6 Å². The van der Waals surface area contributed by atoms with Crippen LogP contribution in [0, 0.1) is 18.3 Å². The molecule has 2 aromatic carbocycles. The summed E-state index contributed by atoms with van der Waals surface area (Å²) in [5.74, 6) is 0. The van der Waals surface area contributed by atoms with E-state index < -0.39 is 0 Å². The number of hydrogen-bond acceptors (Lipinski definition) is 2. The van der Waals surface area contributed by atoms with Gasteiger partial charge in [0.2, 0.25) is 0 Å². The number of aryl methyl sites for hydroxylation is 2. The lowest BCUT2D eigenvalue weighted by molar-refractivity contribution is 0.762. The molecule has 0 saturated carbocycles. The SMILES string of the molecule is Cc1ccc2c(c1)C(Nc1ccc(C#N)cc1Cl)CC2. The molecule has 20 heavy (non-hydrogen) atoms. The number of rotatable bonds is 2. The Morgan fingerprint density at radius 3 is 2.85 bits per heavy atom. The molecule has 3 rings (SSSR count). The number of fused-ring (bicyclic) bond motifs is 1. The molecule has 1 unspecified atom stereocenters. The van der Waals surface area contributed by atoms with E-state index in [9.17, 15) is 0 Å². The van der Waals surface area contributed by atoms with Gasteiger partial charge in [-0.05, 0) is 49.1 Å². The highest BCUT2D eigenvalue weighted by Crippen LogP contribution is 2.36. The van der Waals surface area contributed by atoms with Gasteiger partial charge in [0.05, 0.1) is 28.4 Å². The van der Waals surface area contributed by atoms with Crippen molar-refractivity contribution in [3.05, 3.63) is 63.7 Å². The zero-order chi connectivity index (χ0) is 14.1. The maximum atomic E-state index is 8.87. The van der Waals surface area contributed by atoms with Crippen LogP contribution in [0.2, 0.25) is 5.02 Å². The predicted octanol–water partition coefficient (Wildman–Crippen LogP) is 4.62. The number of nitrogens with one attached hydrogen (secondary N) is 1. The van der Waals surface area contributed by atoms with Gasteiger partial charge in [-0.3, -0.25) is 0 Å². The third-order valence-electron chi connectivity index (χ3n) is 3.81. The van der Waals surface area contributed by atoms with Gasteiger partial charge in [0, 0.05) is 0 Å². The van der Waals surface area contributed by atoms with E-state index in [2.05, 4.69) is 36.5 Å². The zero-order valence-corrected chi connectivity index (χ0v) is 12.0. The highest BCUT2D eigenvalue weighted by atomic mass is 35.5. The molecule has 0 aliphatic heterocycles. The van der Waals surface area contributed by atoms with Crippen LogP contribution in [0.1, 0.15) is 34.7 Å². The lowest BCUT2D eigenvalue weighted by Crippen LogP contribution is -2.07. The van der Waals surface area contributed by atoms with Gasteiger partial charge in [-0.25, -0.2) is 0 Å². The molecular weight excluding hydrogens is 268 g/mol. The highest BCUT2D eigenvalue weighted by molar-refractivity contribution is 6.33. The van der Waals surface area contributed by atoms with Crippen molar-refractivity contribution in [2.24, 2.45) is 0 Å². The van der Waals surface area contributed by atoms with E-state index in [1.54, 1.807) is 12.1 Å². The second-order valence-corrected chi connectivity index (χ2v) is 5.65. The third kappa shape index (κ3) is 2.37. The number of benzene rings is 2. The topological polar surface area (TPSA) is 35.8 Å². The van der Waals surface area contributed by atoms with Crippen LogP contribution in [0.5, 0.6) is 0 Å². The van der Waals surface area contributed by atoms with Gasteiger partial charge in [0.25, 0.3) is 0 Å². The lowest BCUT2D eigenvalue weighted by Gasteiger charge is -2.17. The first-order chi connectivity index (χ1) is 9.67. The molecule has 0 heterocycles. The molecule has 0 aromatic heterocycles. The second kappa shape index (κ2) is 5.19. The molecule has 2 aromatic rings. The fourth-order valence-electron chi connectivity index (χ4n) is 2.76. The number of halogens is 1. The van der Waals surface area contributed by atoms with E-state index in [-0.39, 0.29) is 0 Å². The van der Waals surface area contributed by atoms with Gasteiger partial charge in [-0.1, -0.05) is 35.4 Å². The van der Waals surface area contributed by atoms with E-state index >= 15 is 0 Å². The van der Waals surface area contributed by atoms with E-state index in [1.165, 1.54) is 16.7 Å². The molecule has 1 N–H and O–H groups in total. The van der Waals surface area contributed by atoms with Gasteiger partial charge < -0.3 is 5.32 Å². The number of anilines is 1. The molecule has 0 amide bonds. The van der Waals surface area contributed by atoms with Gasteiger partial charge in [-0.2, -0.15) is 5.26 Å². The first-order valence-corrected chi connectivity index (χ1v) is 7.11.